The molecule has 0 aliphatic heterocycles. The Morgan fingerprint density at radius 1 is 1.25 bits per heavy atom. The second kappa shape index (κ2) is 40.2. The molecule has 0 aromatic heterocycles. The Labute approximate surface area is 42.3 Å². The Morgan fingerprint density at radius 3 is 1.25 bits per heavy atom. The Bertz CT molecular complexity index is 6.00. The van der Waals surface area contributed by atoms with Crippen LogP contribution in [0.2, 0.25) is 0 Å². The van der Waals surface area contributed by atoms with Gasteiger partial charge in [-0.05, 0) is 19.5 Å². The fourth-order valence-corrected chi connectivity index (χ4v) is 0. The van der Waals surface area contributed by atoms with Crippen LogP contribution in [0.15, 0.2) is 0 Å². The largest absolute Gasteiger partial charge is 0.0120 e. The van der Waals surface area contributed by atoms with Crippen molar-refractivity contribution in [1.29, 1.82) is 0 Å². The molecule has 0 fully saturated rings. The predicted octanol–water partition coefficient (Wildman–Crippen LogP) is -3.13. The zero-order chi connectivity index (χ0) is 2.00. The first kappa shape index (κ1) is 20.6. The van der Waals surface area contributed by atoms with Gasteiger partial charge in [0.25, 0.3) is 0 Å². The van der Waals surface area contributed by atoms with Crippen molar-refractivity contribution in [2.75, 3.05) is 0 Å². The summed E-state index contributed by atoms with van der Waals surface area (Å²) < 4.78 is 0. The molecule has 4 heavy (non-hydrogen) atoms. The van der Waals surface area contributed by atoms with Gasteiger partial charge in [-0.2, -0.15) is 0 Å². The standard InChI is InChI=1S/FH.GeH3.H5Si2/c;;1-2/h1H;1H3;1H2,2H3. The second-order valence-electron chi connectivity index (χ2n) is 0. The second-order valence-corrected chi connectivity index (χ2v) is 0. The molecule has 0 nitrogen and oxygen atoms in total. The molecule has 0 atom stereocenters. The Hall–Kier alpha value is 0.907. The third-order valence-corrected chi connectivity index (χ3v) is 0. The van der Waals surface area contributed by atoms with Gasteiger partial charge in [-0.3, -0.25) is 4.70 Å². The number of rotatable bonds is 0. The van der Waals surface area contributed by atoms with Crippen LogP contribution in [-0.4, -0.2) is 37.1 Å². The first-order chi connectivity index (χ1) is 1.00. The fourth-order valence-electron chi connectivity index (χ4n) is 0. The average Bonchev–Trinajstić information content (AvgIpc) is 1.00. The van der Waals surface area contributed by atoms with Gasteiger partial charge in [0.2, 0.25) is 0 Å². The Morgan fingerprint density at radius 2 is 1.25 bits per heavy atom. The third-order valence-electron chi connectivity index (χ3n) is 0. The summed E-state index contributed by atoms with van der Waals surface area (Å²) in [7, 11) is 3.33. The molecular weight excluding hydrogens is 148 g/mol. The summed E-state index contributed by atoms with van der Waals surface area (Å²) >= 11 is 0. The molecule has 4 heteroatoms. The van der Waals surface area contributed by atoms with Gasteiger partial charge >= 0.3 is 17.6 Å². The van der Waals surface area contributed by atoms with E-state index in [0.717, 1.165) is 0 Å². The van der Waals surface area contributed by atoms with Gasteiger partial charge in [0.1, 0.15) is 0 Å². The van der Waals surface area contributed by atoms with Gasteiger partial charge in [0.15, 0.2) is 0 Å². The third kappa shape index (κ3) is 12.9. The maximum absolute atomic E-state index is 2.00. The Kier molecular flexibility index (Phi) is 207. The minimum Gasteiger partial charge on any atom is -0.0120 e. The zero-order valence-electron chi connectivity index (χ0n) is 3.12. The van der Waals surface area contributed by atoms with E-state index in [2.05, 4.69) is 0 Å². The summed E-state index contributed by atoms with van der Waals surface area (Å²) in [6.07, 6.45) is 0. The molecular formula is H9FGeSi2. The molecule has 0 saturated heterocycles. The van der Waals surface area contributed by atoms with Crippen LogP contribution in [0.5, 0.6) is 0 Å². The van der Waals surface area contributed by atoms with E-state index in [0.29, 0.717) is 0 Å². The Balaban J connectivity index is -0.00000000500. The van der Waals surface area contributed by atoms with Gasteiger partial charge in [-0.25, -0.2) is 0 Å². The zero-order valence-corrected chi connectivity index (χ0v) is 10.7. The van der Waals surface area contributed by atoms with Crippen LogP contribution in [0.4, 0.5) is 4.70 Å². The van der Waals surface area contributed by atoms with Gasteiger partial charge in [0, 0.05) is 0 Å². The molecule has 0 rings (SSSR count). The monoisotopic (exact) mass is 158 g/mol. The minimum atomic E-state index is 0. The van der Waals surface area contributed by atoms with Crippen LogP contribution in [-0.2, 0) is 0 Å². The van der Waals surface area contributed by atoms with E-state index in [1.54, 1.807) is 0 Å². The molecule has 0 aromatic rings. The molecule has 0 aromatic carbocycles. The predicted molar refractivity (Wildman–Crippen MR) is 30.9 cm³/mol. The molecule has 28 valence electrons. The fraction of sp³-hybridized carbons (Fsp3) is 0. The number of hydrogen-bond acceptors (Lipinski definition) is 0. The molecule has 0 saturated carbocycles. The van der Waals surface area contributed by atoms with Gasteiger partial charge in [0.05, 0.1) is 0 Å². The number of halogens is 1. The average molecular weight is 157 g/mol. The van der Waals surface area contributed by atoms with Crippen LogP contribution in [0.25, 0.3) is 0 Å². The smallest absolute Gasteiger partial charge is 0.00991 e. The van der Waals surface area contributed by atoms with E-state index in [4.69, 9.17) is 0 Å². The van der Waals surface area contributed by atoms with E-state index in [1.165, 1.54) is 9.76 Å². The molecule has 0 aliphatic carbocycles. The van der Waals surface area contributed by atoms with Crippen molar-refractivity contribution in [3.8, 4) is 0 Å². The van der Waals surface area contributed by atoms with E-state index < -0.39 is 0 Å². The van der Waals surface area contributed by atoms with Crippen molar-refractivity contribution in [1.82, 2.24) is 0 Å². The quantitative estimate of drug-likeness (QED) is 0.326. The van der Waals surface area contributed by atoms with Crippen molar-refractivity contribution >= 4 is 37.1 Å². The summed E-state index contributed by atoms with van der Waals surface area (Å²) in [5, 5.41) is 0. The van der Waals surface area contributed by atoms with Crippen molar-refractivity contribution in [2.45, 2.75) is 0 Å². The van der Waals surface area contributed by atoms with Gasteiger partial charge < -0.3 is 0 Å². The van der Waals surface area contributed by atoms with Crippen molar-refractivity contribution in [2.24, 2.45) is 0 Å². The SMILES string of the molecule is F.[GeH3].[SiH2][SiH3]. The van der Waals surface area contributed by atoms with Crippen molar-refractivity contribution in [3.05, 3.63) is 0 Å². The van der Waals surface area contributed by atoms with Crippen LogP contribution in [0.1, 0.15) is 0 Å². The van der Waals surface area contributed by atoms with Crippen LogP contribution < -0.4 is 0 Å². The van der Waals surface area contributed by atoms with Crippen LogP contribution >= 0.6 is 0 Å². The van der Waals surface area contributed by atoms with Crippen molar-refractivity contribution in [3.63, 3.8) is 0 Å². The minimum absolute atomic E-state index is 0. The molecule has 0 N–H and O–H groups in total. The van der Waals surface area contributed by atoms with E-state index in [1.807, 2.05) is 9.76 Å². The summed E-state index contributed by atoms with van der Waals surface area (Å²) in [5.41, 5.74) is 0. The van der Waals surface area contributed by atoms with Crippen LogP contribution in [0, 0.1) is 0 Å². The molecule has 0 heterocycles. The first-order valence-corrected chi connectivity index (χ1v) is 6.36. The summed E-state index contributed by atoms with van der Waals surface area (Å²) in [6.45, 7) is 0. The molecule has 0 amide bonds. The molecule has 0 spiro atoms. The topological polar surface area (TPSA) is 0 Å². The molecule has 2 radical (unpaired) electrons. The molecule has 0 aliphatic rings. The first-order valence-electron chi connectivity index (χ1n) is 0.707. The summed E-state index contributed by atoms with van der Waals surface area (Å²) in [6, 6.07) is 0. The summed E-state index contributed by atoms with van der Waals surface area (Å²) in [5.74, 6) is 0. The van der Waals surface area contributed by atoms with Gasteiger partial charge in [-0.1, -0.05) is 0 Å². The maximum Gasteiger partial charge on any atom is -0.00991 e. The maximum atomic E-state index is 2.00. The molecule has 0 unspecified atom stereocenters. The van der Waals surface area contributed by atoms with Crippen molar-refractivity contribution < 1.29 is 4.70 Å². The summed E-state index contributed by atoms with van der Waals surface area (Å²) in [4.78, 5) is 0. The number of hydrogen-bond donors (Lipinski definition) is 0. The van der Waals surface area contributed by atoms with E-state index >= 15 is 0 Å². The van der Waals surface area contributed by atoms with E-state index in [9.17, 15) is 0 Å². The van der Waals surface area contributed by atoms with E-state index in [-0.39, 0.29) is 22.3 Å². The molecule has 0 bridgehead atoms. The van der Waals surface area contributed by atoms with Crippen LogP contribution in [0.3, 0.4) is 0 Å². The van der Waals surface area contributed by atoms with Gasteiger partial charge in [-0.15, -0.1) is 0 Å². The normalized spacial score (nSPS) is 2.25.